The van der Waals surface area contributed by atoms with Gasteiger partial charge in [0.2, 0.25) is 10.0 Å². The van der Waals surface area contributed by atoms with Gasteiger partial charge in [0.1, 0.15) is 0 Å². The minimum atomic E-state index is -3.31. The monoisotopic (exact) mass is 256 g/mol. The zero-order valence-corrected chi connectivity index (χ0v) is 11.1. The summed E-state index contributed by atoms with van der Waals surface area (Å²) >= 11 is -2.16. The molecule has 0 aromatic rings. The number of hydrogen-bond acceptors (Lipinski definition) is 4. The van der Waals surface area contributed by atoms with Gasteiger partial charge in [-0.3, -0.25) is 4.21 Å². The molecule has 15 heavy (non-hydrogen) atoms. The van der Waals surface area contributed by atoms with Crippen LogP contribution in [0.3, 0.4) is 0 Å². The Balaban J connectivity index is 4.55. The van der Waals surface area contributed by atoms with Gasteiger partial charge in [-0.15, -0.1) is 0 Å². The normalized spacial score (nSPS) is 17.4. The first kappa shape index (κ1) is 15.0. The predicted molar refractivity (Wildman–Crippen MR) is 59.7 cm³/mol. The molecule has 0 saturated carbocycles. The van der Waals surface area contributed by atoms with Crippen LogP contribution in [0.5, 0.6) is 0 Å². The van der Waals surface area contributed by atoms with Crippen LogP contribution in [0.4, 0.5) is 0 Å². The number of rotatable bonds is 6. The molecule has 0 spiro atoms. The molecule has 0 amide bonds. The zero-order chi connectivity index (χ0) is 12.3. The van der Waals surface area contributed by atoms with Gasteiger partial charge in [-0.2, -0.15) is 0 Å². The summed E-state index contributed by atoms with van der Waals surface area (Å²) in [6, 6.07) is 0. The number of sulfonamides is 1. The van der Waals surface area contributed by atoms with E-state index in [1.54, 1.807) is 20.8 Å². The molecule has 0 aliphatic rings. The minimum absolute atomic E-state index is 0.271. The third-order valence-corrected chi connectivity index (χ3v) is 3.89. The van der Waals surface area contributed by atoms with Crippen molar-refractivity contribution in [2.75, 3.05) is 6.26 Å². The SMILES string of the molecule is CCC(CC(C)(C)NS(C)(=O)=O)S(=O)[O-]. The van der Waals surface area contributed by atoms with Crippen LogP contribution in [0.15, 0.2) is 0 Å². The lowest BCUT2D eigenvalue weighted by Gasteiger charge is -2.30. The van der Waals surface area contributed by atoms with E-state index in [0.717, 1.165) is 6.26 Å². The van der Waals surface area contributed by atoms with Crippen LogP contribution in [0.2, 0.25) is 0 Å². The smallest absolute Gasteiger partial charge is 0.209 e. The summed E-state index contributed by atoms with van der Waals surface area (Å²) in [5.41, 5.74) is -0.742. The first-order chi connectivity index (χ1) is 6.57. The molecule has 2 unspecified atom stereocenters. The van der Waals surface area contributed by atoms with E-state index < -0.39 is 31.9 Å². The molecule has 0 bridgehead atoms. The van der Waals surface area contributed by atoms with Crippen LogP contribution in [-0.4, -0.2) is 34.2 Å². The van der Waals surface area contributed by atoms with E-state index >= 15 is 0 Å². The van der Waals surface area contributed by atoms with Crippen LogP contribution in [0.25, 0.3) is 0 Å². The van der Waals surface area contributed by atoms with Crippen molar-refractivity contribution in [1.82, 2.24) is 4.72 Å². The van der Waals surface area contributed by atoms with Crippen molar-refractivity contribution in [3.05, 3.63) is 0 Å². The van der Waals surface area contributed by atoms with Crippen LogP contribution in [0.1, 0.15) is 33.6 Å². The van der Waals surface area contributed by atoms with Crippen molar-refractivity contribution in [3.63, 3.8) is 0 Å². The number of hydrogen-bond donors (Lipinski definition) is 1. The van der Waals surface area contributed by atoms with Crippen LogP contribution < -0.4 is 4.72 Å². The Hall–Kier alpha value is 0.0200. The third-order valence-electron chi connectivity index (χ3n) is 1.93. The van der Waals surface area contributed by atoms with Gasteiger partial charge in [0.15, 0.2) is 0 Å². The van der Waals surface area contributed by atoms with Gasteiger partial charge in [0.05, 0.1) is 6.26 Å². The van der Waals surface area contributed by atoms with Gasteiger partial charge in [-0.1, -0.05) is 18.0 Å². The van der Waals surface area contributed by atoms with Crippen molar-refractivity contribution in [3.8, 4) is 0 Å². The van der Waals surface area contributed by atoms with Crippen LogP contribution >= 0.6 is 0 Å². The highest BCUT2D eigenvalue weighted by atomic mass is 32.2. The average molecular weight is 256 g/mol. The fraction of sp³-hybridized carbons (Fsp3) is 1.00. The third kappa shape index (κ3) is 6.99. The van der Waals surface area contributed by atoms with Crippen molar-refractivity contribution in [1.29, 1.82) is 0 Å². The molecule has 0 aromatic carbocycles. The Morgan fingerprint density at radius 1 is 1.47 bits per heavy atom. The van der Waals surface area contributed by atoms with E-state index in [2.05, 4.69) is 4.72 Å². The first-order valence-corrected chi connectivity index (χ1v) is 7.67. The van der Waals surface area contributed by atoms with E-state index in [4.69, 9.17) is 0 Å². The van der Waals surface area contributed by atoms with Gasteiger partial charge < -0.3 is 4.55 Å². The number of nitrogens with one attached hydrogen (secondary N) is 1. The second kappa shape index (κ2) is 5.38. The molecule has 0 rings (SSSR count). The Morgan fingerprint density at radius 2 is 1.93 bits per heavy atom. The minimum Gasteiger partial charge on any atom is -0.772 e. The molecular formula is C8H18NO4S2-. The second-order valence-electron chi connectivity index (χ2n) is 4.25. The van der Waals surface area contributed by atoms with E-state index in [1.807, 2.05) is 0 Å². The van der Waals surface area contributed by atoms with Gasteiger partial charge in [-0.05, 0) is 26.7 Å². The summed E-state index contributed by atoms with van der Waals surface area (Å²) in [6.07, 6.45) is 1.81. The van der Waals surface area contributed by atoms with Crippen molar-refractivity contribution < 1.29 is 17.2 Å². The quantitative estimate of drug-likeness (QED) is 0.695. The van der Waals surface area contributed by atoms with Crippen LogP contribution in [0, 0.1) is 0 Å². The molecule has 0 saturated heterocycles. The molecule has 1 N–H and O–H groups in total. The molecule has 0 aliphatic carbocycles. The summed E-state index contributed by atoms with van der Waals surface area (Å²) in [7, 11) is -3.31. The Bertz CT molecular complexity index is 324. The summed E-state index contributed by atoms with van der Waals surface area (Å²) in [5.74, 6) is 0. The molecule has 0 aromatic heterocycles. The van der Waals surface area contributed by atoms with E-state index in [9.17, 15) is 17.2 Å². The van der Waals surface area contributed by atoms with Gasteiger partial charge in [0.25, 0.3) is 0 Å². The Morgan fingerprint density at radius 3 is 2.20 bits per heavy atom. The maximum Gasteiger partial charge on any atom is 0.209 e. The summed E-state index contributed by atoms with van der Waals surface area (Å²) < 4.78 is 46.1. The van der Waals surface area contributed by atoms with Crippen molar-refractivity contribution in [2.45, 2.75) is 44.4 Å². The Labute approximate surface area is 94.0 Å². The van der Waals surface area contributed by atoms with Gasteiger partial charge >= 0.3 is 0 Å². The summed E-state index contributed by atoms with van der Waals surface area (Å²) in [4.78, 5) is 0. The standard InChI is InChI=1S/C8H19NO4S2/c1-5-7(14(10)11)6-8(2,3)9-15(4,12)13/h7,9H,5-6H2,1-4H3,(H,10,11)/p-1. The van der Waals surface area contributed by atoms with E-state index in [-0.39, 0.29) is 6.42 Å². The molecule has 2 atom stereocenters. The highest BCUT2D eigenvalue weighted by Crippen LogP contribution is 2.17. The zero-order valence-electron chi connectivity index (χ0n) is 9.44. The second-order valence-corrected chi connectivity index (χ2v) is 7.19. The average Bonchev–Trinajstić information content (AvgIpc) is 1.94. The molecule has 5 nitrogen and oxygen atoms in total. The molecular weight excluding hydrogens is 238 g/mol. The Kier molecular flexibility index (Phi) is 5.39. The maximum absolute atomic E-state index is 11.0. The molecule has 0 fully saturated rings. The maximum atomic E-state index is 11.0. The molecule has 0 heterocycles. The highest BCUT2D eigenvalue weighted by Gasteiger charge is 2.26. The van der Waals surface area contributed by atoms with Crippen molar-refractivity contribution >= 4 is 21.1 Å². The van der Waals surface area contributed by atoms with Crippen LogP contribution in [-0.2, 0) is 21.1 Å². The lowest BCUT2D eigenvalue weighted by molar-refractivity contribution is 0.400. The summed E-state index contributed by atoms with van der Waals surface area (Å²) in [5, 5.41) is -0.519. The fourth-order valence-electron chi connectivity index (χ4n) is 1.46. The topological polar surface area (TPSA) is 86.3 Å². The molecule has 0 aliphatic heterocycles. The lowest BCUT2D eigenvalue weighted by Crippen LogP contribution is -2.45. The fourth-order valence-corrected chi connectivity index (χ4v) is 3.37. The lowest BCUT2D eigenvalue weighted by atomic mass is 9.99. The van der Waals surface area contributed by atoms with E-state index in [1.165, 1.54) is 0 Å². The van der Waals surface area contributed by atoms with Gasteiger partial charge in [-0.25, -0.2) is 13.1 Å². The van der Waals surface area contributed by atoms with E-state index in [0.29, 0.717) is 6.42 Å². The molecule has 0 radical (unpaired) electrons. The molecule has 7 heteroatoms. The highest BCUT2D eigenvalue weighted by molar-refractivity contribution is 7.88. The molecule has 92 valence electrons. The van der Waals surface area contributed by atoms with Crippen molar-refractivity contribution in [2.24, 2.45) is 0 Å². The first-order valence-electron chi connectivity index (χ1n) is 4.64. The summed E-state index contributed by atoms with van der Waals surface area (Å²) in [6.45, 7) is 5.10. The predicted octanol–water partition coefficient (Wildman–Crippen LogP) is 0.362. The largest absolute Gasteiger partial charge is 0.772 e. The van der Waals surface area contributed by atoms with Gasteiger partial charge in [0, 0.05) is 10.8 Å².